The van der Waals surface area contributed by atoms with Crippen LogP contribution in [-0.4, -0.2) is 29.6 Å². The fourth-order valence-electron chi connectivity index (χ4n) is 3.54. The van der Waals surface area contributed by atoms with E-state index in [1.54, 1.807) is 67.0 Å². The molecule has 0 spiro atoms. The first-order valence-corrected chi connectivity index (χ1v) is 11.6. The van der Waals surface area contributed by atoms with Crippen molar-refractivity contribution in [1.29, 1.82) is 0 Å². The van der Waals surface area contributed by atoms with Crippen LogP contribution in [0.2, 0.25) is 0 Å². The number of ether oxygens (including phenoxy) is 1. The number of fused-ring (bicyclic) bond motifs is 1. The number of carboxylic acid groups (broad SMARTS) is 1. The Bertz CT molecular complexity index is 1420. The number of sulfonamides is 1. The third kappa shape index (κ3) is 4.68. The molecule has 8 nitrogen and oxygen atoms in total. The van der Waals surface area contributed by atoms with Gasteiger partial charge < -0.3 is 14.8 Å². The molecule has 2 aromatic carbocycles. The fraction of sp³-hybridized carbons (Fsp3) is 0.167. The maximum Gasteiger partial charge on any atom is 0.512 e. The zero-order valence-electron chi connectivity index (χ0n) is 18.3. The molecule has 0 fully saturated rings. The minimum atomic E-state index is -3.83. The topological polar surface area (TPSA) is 121 Å². The number of pyridine rings is 1. The van der Waals surface area contributed by atoms with Gasteiger partial charge in [0.15, 0.2) is 0 Å². The largest absolute Gasteiger partial charge is 0.512 e. The summed E-state index contributed by atoms with van der Waals surface area (Å²) in [5, 5.41) is 9.70. The van der Waals surface area contributed by atoms with Gasteiger partial charge in [-0.1, -0.05) is 39.0 Å². The lowest BCUT2D eigenvalue weighted by atomic mass is 9.87. The van der Waals surface area contributed by atoms with E-state index >= 15 is 0 Å². The highest BCUT2D eigenvalue weighted by molar-refractivity contribution is 7.92. The summed E-state index contributed by atoms with van der Waals surface area (Å²) in [6, 6.07) is 15.1. The van der Waals surface area contributed by atoms with Crippen molar-refractivity contribution in [3.05, 3.63) is 72.6 Å². The summed E-state index contributed by atoms with van der Waals surface area (Å²) in [4.78, 5) is 18.3. The number of H-pyrrole nitrogens is 1. The van der Waals surface area contributed by atoms with Crippen molar-refractivity contribution in [2.75, 3.05) is 4.72 Å². The normalized spacial score (nSPS) is 12.0. The van der Waals surface area contributed by atoms with Crippen LogP contribution >= 0.6 is 0 Å². The molecule has 0 saturated carbocycles. The Labute approximate surface area is 191 Å². The second-order valence-corrected chi connectivity index (χ2v) is 10.3. The summed E-state index contributed by atoms with van der Waals surface area (Å²) in [7, 11) is -3.83. The first kappa shape index (κ1) is 22.3. The molecular formula is C24H23N3O5S. The molecule has 170 valence electrons. The van der Waals surface area contributed by atoms with Gasteiger partial charge in [-0.15, -0.1) is 0 Å². The number of benzene rings is 2. The molecule has 4 aromatic rings. The molecular weight excluding hydrogens is 442 g/mol. The molecule has 3 N–H and O–H groups in total. The van der Waals surface area contributed by atoms with Gasteiger partial charge in [0, 0.05) is 34.5 Å². The maximum absolute atomic E-state index is 13.0. The molecule has 0 bridgehead atoms. The van der Waals surface area contributed by atoms with Crippen LogP contribution in [0.15, 0.2) is 71.9 Å². The minimum Gasteiger partial charge on any atom is -0.449 e. The molecule has 0 radical (unpaired) electrons. The van der Waals surface area contributed by atoms with Crippen LogP contribution in [-0.2, 0) is 15.4 Å². The highest BCUT2D eigenvalue weighted by atomic mass is 32.2. The van der Waals surface area contributed by atoms with Crippen molar-refractivity contribution in [2.45, 2.75) is 31.1 Å². The van der Waals surface area contributed by atoms with Gasteiger partial charge >= 0.3 is 6.16 Å². The molecule has 2 aromatic heterocycles. The fourth-order valence-corrected chi connectivity index (χ4v) is 4.59. The molecule has 0 amide bonds. The Morgan fingerprint density at radius 3 is 2.42 bits per heavy atom. The third-order valence-electron chi connectivity index (χ3n) is 5.19. The van der Waals surface area contributed by atoms with Gasteiger partial charge in [-0.3, -0.25) is 9.71 Å². The van der Waals surface area contributed by atoms with E-state index in [0.717, 1.165) is 5.56 Å². The SMILES string of the molecule is CC(C)(C)c1ccc(S(=O)(=O)Nc2ccc3[nH]c(OC(=O)O)c(-c4cccnc4)c3c2)cc1. The Morgan fingerprint density at radius 2 is 1.82 bits per heavy atom. The van der Waals surface area contributed by atoms with E-state index in [1.165, 1.54) is 0 Å². The van der Waals surface area contributed by atoms with Crippen LogP contribution in [0.5, 0.6) is 5.88 Å². The summed E-state index contributed by atoms with van der Waals surface area (Å²) in [5.41, 5.74) is 2.94. The van der Waals surface area contributed by atoms with Crippen LogP contribution in [0.1, 0.15) is 26.3 Å². The van der Waals surface area contributed by atoms with Crippen molar-refractivity contribution in [3.63, 3.8) is 0 Å². The second-order valence-electron chi connectivity index (χ2n) is 8.58. The number of aromatic nitrogens is 2. The molecule has 0 aliphatic rings. The van der Waals surface area contributed by atoms with E-state index in [-0.39, 0.29) is 16.2 Å². The first-order valence-electron chi connectivity index (χ1n) is 10.1. The maximum atomic E-state index is 13.0. The second kappa shape index (κ2) is 8.25. The molecule has 4 rings (SSSR count). The molecule has 0 saturated heterocycles. The summed E-state index contributed by atoms with van der Waals surface area (Å²) >= 11 is 0. The van der Waals surface area contributed by atoms with Crippen LogP contribution in [0.25, 0.3) is 22.0 Å². The van der Waals surface area contributed by atoms with Crippen molar-refractivity contribution in [1.82, 2.24) is 9.97 Å². The lowest BCUT2D eigenvalue weighted by Gasteiger charge is -2.19. The van der Waals surface area contributed by atoms with Gasteiger partial charge in [-0.25, -0.2) is 13.2 Å². The van der Waals surface area contributed by atoms with E-state index < -0.39 is 16.2 Å². The Morgan fingerprint density at radius 1 is 1.09 bits per heavy atom. The van der Waals surface area contributed by atoms with Gasteiger partial charge in [-0.2, -0.15) is 0 Å². The van der Waals surface area contributed by atoms with Crippen molar-refractivity contribution < 1.29 is 23.1 Å². The zero-order chi connectivity index (χ0) is 23.8. The van der Waals surface area contributed by atoms with Crippen molar-refractivity contribution in [2.24, 2.45) is 0 Å². The standard InChI is InChI=1S/C24H23N3O5S/c1-24(2,3)16-6-9-18(10-7-16)33(30,31)27-17-8-11-20-19(13-17)21(15-5-4-12-25-14-15)22(26-20)32-23(28)29/h4-14,26-27H,1-3H3,(H,28,29). The predicted molar refractivity (Wildman–Crippen MR) is 126 cm³/mol. The highest BCUT2D eigenvalue weighted by Crippen LogP contribution is 2.38. The summed E-state index contributed by atoms with van der Waals surface area (Å²) in [5.74, 6) is 0.0308. The van der Waals surface area contributed by atoms with Gasteiger partial charge in [0.25, 0.3) is 10.0 Å². The smallest absolute Gasteiger partial charge is 0.449 e. The van der Waals surface area contributed by atoms with Crippen LogP contribution in [0, 0.1) is 0 Å². The van der Waals surface area contributed by atoms with E-state index in [4.69, 9.17) is 9.84 Å². The van der Waals surface area contributed by atoms with Crippen LogP contribution in [0.4, 0.5) is 10.5 Å². The van der Waals surface area contributed by atoms with E-state index in [2.05, 4.69) is 35.5 Å². The summed E-state index contributed by atoms with van der Waals surface area (Å²) in [6.45, 7) is 6.18. The minimum absolute atomic E-state index is 0.0308. The van der Waals surface area contributed by atoms with Gasteiger partial charge in [0.05, 0.1) is 10.5 Å². The number of aromatic amines is 1. The van der Waals surface area contributed by atoms with Crippen molar-refractivity contribution >= 4 is 32.8 Å². The summed E-state index contributed by atoms with van der Waals surface area (Å²) < 4.78 is 33.5. The van der Waals surface area contributed by atoms with Gasteiger partial charge in [0.2, 0.25) is 5.88 Å². The lowest BCUT2D eigenvalue weighted by Crippen LogP contribution is -2.14. The number of hydrogen-bond acceptors (Lipinski definition) is 5. The quantitative estimate of drug-likeness (QED) is 0.340. The number of anilines is 1. The van der Waals surface area contributed by atoms with Crippen molar-refractivity contribution in [3.8, 4) is 17.0 Å². The van der Waals surface area contributed by atoms with Crippen LogP contribution < -0.4 is 9.46 Å². The molecule has 0 aliphatic carbocycles. The molecule has 0 unspecified atom stereocenters. The number of rotatable bonds is 5. The average Bonchev–Trinajstić information content (AvgIpc) is 3.10. The van der Waals surface area contributed by atoms with Gasteiger partial charge in [0.1, 0.15) is 0 Å². The number of hydrogen-bond donors (Lipinski definition) is 3. The number of carbonyl (C=O) groups is 1. The van der Waals surface area contributed by atoms with Crippen LogP contribution in [0.3, 0.4) is 0 Å². The van der Waals surface area contributed by atoms with E-state index in [0.29, 0.717) is 27.7 Å². The molecule has 2 heterocycles. The molecule has 0 atom stereocenters. The molecule has 0 aliphatic heterocycles. The Kier molecular flexibility index (Phi) is 5.59. The molecule has 9 heteroatoms. The third-order valence-corrected chi connectivity index (χ3v) is 6.58. The Balaban J connectivity index is 1.74. The average molecular weight is 466 g/mol. The van der Waals surface area contributed by atoms with E-state index in [9.17, 15) is 13.2 Å². The first-order chi connectivity index (χ1) is 15.5. The Hall–Kier alpha value is -3.85. The monoisotopic (exact) mass is 465 g/mol. The lowest BCUT2D eigenvalue weighted by molar-refractivity contribution is 0.143. The molecule has 33 heavy (non-hydrogen) atoms. The summed E-state index contributed by atoms with van der Waals surface area (Å²) in [6.07, 6.45) is 1.71. The number of nitrogens with one attached hydrogen (secondary N) is 2. The zero-order valence-corrected chi connectivity index (χ0v) is 19.1. The predicted octanol–water partition coefficient (Wildman–Crippen LogP) is 5.39. The number of nitrogens with zero attached hydrogens (tertiary/aromatic N) is 1. The van der Waals surface area contributed by atoms with Gasteiger partial charge in [-0.05, 0) is 47.4 Å². The van der Waals surface area contributed by atoms with E-state index in [1.807, 2.05) is 0 Å². The highest BCUT2D eigenvalue weighted by Gasteiger charge is 2.21.